The van der Waals surface area contributed by atoms with Crippen molar-refractivity contribution in [3.05, 3.63) is 42.9 Å². The van der Waals surface area contributed by atoms with Crippen LogP contribution in [-0.2, 0) is 0 Å². The van der Waals surface area contributed by atoms with Gasteiger partial charge in [0.1, 0.15) is 29.8 Å². The van der Waals surface area contributed by atoms with Crippen molar-refractivity contribution in [2.24, 2.45) is 0 Å². The molecule has 1 N–H and O–H groups in total. The minimum Gasteiger partial charge on any atom is -0.462 e. The van der Waals surface area contributed by atoms with Crippen LogP contribution in [0, 0.1) is 0 Å². The summed E-state index contributed by atoms with van der Waals surface area (Å²) in [5, 5.41) is 4.07. The fourth-order valence-corrected chi connectivity index (χ4v) is 2.01. The van der Waals surface area contributed by atoms with Gasteiger partial charge in [-0.2, -0.15) is 0 Å². The van der Waals surface area contributed by atoms with Crippen LogP contribution in [0.1, 0.15) is 0 Å². The number of nitrogens with one attached hydrogen (secondary N) is 1. The molecule has 0 saturated carbocycles. The maximum absolute atomic E-state index is 5.55. The van der Waals surface area contributed by atoms with E-state index in [2.05, 4.69) is 15.3 Å². The number of hydrogen-bond donors (Lipinski definition) is 1. The van der Waals surface area contributed by atoms with Gasteiger partial charge in [0.15, 0.2) is 0 Å². The fraction of sp³-hybridized carbons (Fsp3) is 0.143. The van der Waals surface area contributed by atoms with Gasteiger partial charge in [-0.25, -0.2) is 9.97 Å². The van der Waals surface area contributed by atoms with Gasteiger partial charge < -0.3 is 14.6 Å². The Bertz CT molecular complexity index is 707. The lowest BCUT2D eigenvalue weighted by molar-refractivity contribution is 0.616. The average Bonchev–Trinajstić information content (AvgIpc) is 2.90. The van der Waals surface area contributed by atoms with Gasteiger partial charge in [-0.05, 0) is 12.1 Å². The third kappa shape index (κ3) is 1.99. The van der Waals surface area contributed by atoms with Crippen molar-refractivity contribution in [3.63, 3.8) is 0 Å². The Kier molecular flexibility index (Phi) is 2.79. The highest BCUT2D eigenvalue weighted by atomic mass is 16.3. The molecule has 0 saturated heterocycles. The quantitative estimate of drug-likeness (QED) is 0.778. The third-order valence-corrected chi connectivity index (χ3v) is 3.07. The summed E-state index contributed by atoms with van der Waals surface area (Å²) in [4.78, 5) is 10.4. The number of furan rings is 1. The van der Waals surface area contributed by atoms with Crippen LogP contribution in [0.25, 0.3) is 11.0 Å². The Morgan fingerprint density at radius 2 is 2.05 bits per heavy atom. The molecule has 0 spiro atoms. The molecular weight excluding hydrogens is 240 g/mol. The van der Waals surface area contributed by atoms with Gasteiger partial charge in [-0.15, -0.1) is 0 Å². The number of anilines is 3. The van der Waals surface area contributed by atoms with E-state index in [1.807, 2.05) is 49.3 Å². The van der Waals surface area contributed by atoms with Crippen LogP contribution in [0.4, 0.5) is 17.3 Å². The van der Waals surface area contributed by atoms with Crippen LogP contribution in [0.2, 0.25) is 0 Å². The number of benzene rings is 1. The first-order valence-electron chi connectivity index (χ1n) is 5.99. The standard InChI is InChI=1S/C14H14N4O/c1-15-13-7-14(17-9-16-13)18(2)11-8-19-12-6-4-3-5-10(11)12/h3-9H,1-2H3,(H,15,16,17). The van der Waals surface area contributed by atoms with E-state index in [9.17, 15) is 0 Å². The van der Waals surface area contributed by atoms with Crippen LogP contribution in [-0.4, -0.2) is 24.1 Å². The second-order valence-corrected chi connectivity index (χ2v) is 4.19. The lowest BCUT2D eigenvalue weighted by Gasteiger charge is -2.16. The van der Waals surface area contributed by atoms with Gasteiger partial charge in [0, 0.05) is 25.5 Å². The smallest absolute Gasteiger partial charge is 0.138 e. The summed E-state index contributed by atoms with van der Waals surface area (Å²) in [6.07, 6.45) is 3.28. The molecule has 0 amide bonds. The maximum atomic E-state index is 5.55. The largest absolute Gasteiger partial charge is 0.462 e. The van der Waals surface area contributed by atoms with E-state index < -0.39 is 0 Å². The molecule has 0 radical (unpaired) electrons. The van der Waals surface area contributed by atoms with Crippen LogP contribution < -0.4 is 10.2 Å². The molecule has 3 rings (SSSR count). The molecule has 0 atom stereocenters. The highest BCUT2D eigenvalue weighted by Gasteiger charge is 2.12. The average molecular weight is 254 g/mol. The first-order valence-corrected chi connectivity index (χ1v) is 5.99. The zero-order valence-corrected chi connectivity index (χ0v) is 10.8. The molecule has 0 aliphatic carbocycles. The van der Waals surface area contributed by atoms with E-state index in [0.29, 0.717) is 0 Å². The highest BCUT2D eigenvalue weighted by molar-refractivity contribution is 5.92. The fourth-order valence-electron chi connectivity index (χ4n) is 2.01. The number of fused-ring (bicyclic) bond motifs is 1. The molecule has 0 bridgehead atoms. The van der Waals surface area contributed by atoms with Gasteiger partial charge in [0.25, 0.3) is 0 Å². The monoisotopic (exact) mass is 254 g/mol. The minimum atomic E-state index is 0.782. The zero-order valence-electron chi connectivity index (χ0n) is 10.8. The van der Waals surface area contributed by atoms with Crippen LogP contribution in [0.3, 0.4) is 0 Å². The van der Waals surface area contributed by atoms with E-state index in [1.165, 1.54) is 0 Å². The van der Waals surface area contributed by atoms with Crippen molar-refractivity contribution in [2.45, 2.75) is 0 Å². The molecule has 0 unspecified atom stereocenters. The summed E-state index contributed by atoms with van der Waals surface area (Å²) < 4.78 is 5.55. The van der Waals surface area contributed by atoms with E-state index >= 15 is 0 Å². The summed E-state index contributed by atoms with van der Waals surface area (Å²) in [7, 11) is 3.79. The number of nitrogens with zero attached hydrogens (tertiary/aromatic N) is 3. The summed E-state index contributed by atoms with van der Waals surface area (Å²) in [6, 6.07) is 9.83. The van der Waals surface area contributed by atoms with Crippen molar-refractivity contribution >= 4 is 28.3 Å². The summed E-state index contributed by atoms with van der Waals surface area (Å²) in [5.74, 6) is 1.59. The maximum Gasteiger partial charge on any atom is 0.138 e. The van der Waals surface area contributed by atoms with Crippen molar-refractivity contribution in [1.29, 1.82) is 0 Å². The van der Waals surface area contributed by atoms with Crippen molar-refractivity contribution < 1.29 is 4.42 Å². The van der Waals surface area contributed by atoms with Crippen molar-refractivity contribution in [1.82, 2.24) is 9.97 Å². The molecular formula is C14H14N4O. The van der Waals surface area contributed by atoms with Crippen LogP contribution >= 0.6 is 0 Å². The molecule has 1 aromatic carbocycles. The molecule has 3 aromatic rings. The molecule has 5 heteroatoms. The Morgan fingerprint density at radius 1 is 1.21 bits per heavy atom. The minimum absolute atomic E-state index is 0.782. The number of rotatable bonds is 3. The lowest BCUT2D eigenvalue weighted by atomic mass is 10.2. The topological polar surface area (TPSA) is 54.2 Å². The van der Waals surface area contributed by atoms with Gasteiger partial charge in [-0.1, -0.05) is 12.1 Å². The second kappa shape index (κ2) is 4.61. The molecule has 96 valence electrons. The predicted octanol–water partition coefficient (Wildman–Crippen LogP) is 3.03. The van der Waals surface area contributed by atoms with Gasteiger partial charge >= 0.3 is 0 Å². The van der Waals surface area contributed by atoms with E-state index in [1.54, 1.807) is 12.6 Å². The molecule has 2 aromatic heterocycles. The first kappa shape index (κ1) is 11.5. The molecule has 0 aliphatic rings. The zero-order chi connectivity index (χ0) is 13.2. The van der Waals surface area contributed by atoms with Crippen molar-refractivity contribution in [2.75, 3.05) is 24.3 Å². The number of hydrogen-bond acceptors (Lipinski definition) is 5. The third-order valence-electron chi connectivity index (χ3n) is 3.07. The molecule has 19 heavy (non-hydrogen) atoms. The predicted molar refractivity (Wildman–Crippen MR) is 75.9 cm³/mol. The van der Waals surface area contributed by atoms with Gasteiger partial charge in [0.05, 0.1) is 5.69 Å². The van der Waals surface area contributed by atoms with Gasteiger partial charge in [-0.3, -0.25) is 0 Å². The second-order valence-electron chi connectivity index (χ2n) is 4.19. The molecule has 2 heterocycles. The Balaban J connectivity index is 2.05. The SMILES string of the molecule is CNc1cc(N(C)c2coc3ccccc23)ncn1. The van der Waals surface area contributed by atoms with Gasteiger partial charge in [0.2, 0.25) is 0 Å². The summed E-state index contributed by atoms with van der Waals surface area (Å²) in [5.41, 5.74) is 1.85. The van der Waals surface area contributed by atoms with Crippen LogP contribution in [0.5, 0.6) is 0 Å². The van der Waals surface area contributed by atoms with Crippen molar-refractivity contribution in [3.8, 4) is 0 Å². The number of para-hydroxylation sites is 1. The Labute approximate surface area is 110 Å². The van der Waals surface area contributed by atoms with Crippen LogP contribution in [0.15, 0.2) is 47.3 Å². The Morgan fingerprint density at radius 3 is 2.89 bits per heavy atom. The molecule has 5 nitrogen and oxygen atoms in total. The Hall–Kier alpha value is -2.56. The summed E-state index contributed by atoms with van der Waals surface area (Å²) in [6.45, 7) is 0. The number of aromatic nitrogens is 2. The van der Waals surface area contributed by atoms with E-state index in [-0.39, 0.29) is 0 Å². The summed E-state index contributed by atoms with van der Waals surface area (Å²) >= 11 is 0. The highest BCUT2D eigenvalue weighted by Crippen LogP contribution is 2.32. The normalized spacial score (nSPS) is 10.6. The molecule has 0 aliphatic heterocycles. The molecule has 0 fully saturated rings. The van der Waals surface area contributed by atoms with E-state index in [0.717, 1.165) is 28.3 Å². The first-order chi connectivity index (χ1) is 9.29. The van der Waals surface area contributed by atoms with E-state index in [4.69, 9.17) is 4.42 Å². The lowest BCUT2D eigenvalue weighted by Crippen LogP contribution is -2.11.